The Balaban J connectivity index is 0.000000623. The maximum atomic E-state index is 11.9. The fourth-order valence-electron chi connectivity index (χ4n) is 2.92. The second-order valence-corrected chi connectivity index (χ2v) is 8.74. The number of carboxylic acids is 1. The van der Waals surface area contributed by atoms with Gasteiger partial charge in [-0.05, 0) is 56.0 Å². The Kier molecular flexibility index (Phi) is 18.0. The van der Waals surface area contributed by atoms with Crippen molar-refractivity contribution < 1.29 is 65.7 Å². The van der Waals surface area contributed by atoms with Crippen molar-refractivity contribution in [2.24, 2.45) is 0 Å². The van der Waals surface area contributed by atoms with Gasteiger partial charge >= 0.3 is 57.4 Å². The molecule has 1 heterocycles. The molecule has 2 aromatic carbocycles. The number of nitrogens with zero attached hydrogens (tertiary/aromatic N) is 1. The number of rotatable bonds is 8. The first-order chi connectivity index (χ1) is 16.2. The molecule has 35 heavy (non-hydrogen) atoms. The molecule has 0 radical (unpaired) electrons. The molecule has 0 aliphatic carbocycles. The Hall–Kier alpha value is -1.41. The summed E-state index contributed by atoms with van der Waals surface area (Å²) in [5, 5.41) is 12.8. The smallest absolute Gasteiger partial charge is 0.481 e. The Morgan fingerprint density at radius 2 is 1.80 bits per heavy atom. The first kappa shape index (κ1) is 33.6. The molecule has 1 aromatic heterocycles. The molecular formula is C29H38FKN2O2. The zero-order chi connectivity index (χ0) is 25.4. The zero-order valence-electron chi connectivity index (χ0n) is 22.0. The van der Waals surface area contributed by atoms with Gasteiger partial charge in [0.15, 0.2) is 0 Å². The van der Waals surface area contributed by atoms with E-state index >= 15 is 0 Å². The molecule has 0 aliphatic heterocycles. The van der Waals surface area contributed by atoms with E-state index in [1.807, 2.05) is 37.3 Å². The van der Waals surface area contributed by atoms with Crippen LogP contribution in [0.3, 0.4) is 0 Å². The molecule has 0 bridgehead atoms. The molecule has 4 nitrogen and oxygen atoms in total. The Bertz CT molecular complexity index is 916. The molecule has 0 fully saturated rings. The number of unbranched alkanes of at least 4 members (excludes halogenated alkanes) is 1. The predicted octanol–water partition coefficient (Wildman–Crippen LogP) is 3.56. The zero-order valence-corrected chi connectivity index (χ0v) is 25.1. The molecule has 0 saturated carbocycles. The van der Waals surface area contributed by atoms with Crippen molar-refractivity contribution in [1.29, 1.82) is 0 Å². The number of hydrogen-bond acceptors (Lipinski definition) is 3. The predicted molar refractivity (Wildman–Crippen MR) is 138 cm³/mol. The van der Waals surface area contributed by atoms with Crippen molar-refractivity contribution in [2.45, 2.75) is 58.8 Å². The Labute approximate surface area is 253 Å². The Morgan fingerprint density at radius 3 is 2.26 bits per heavy atom. The number of carboxylic acid groups (broad SMARTS) is 1. The van der Waals surface area contributed by atoms with Gasteiger partial charge in [-0.1, -0.05) is 82.1 Å². The number of aromatic nitrogens is 1. The van der Waals surface area contributed by atoms with Crippen molar-refractivity contribution in [2.75, 3.05) is 13.1 Å². The number of pyridine rings is 1. The molecule has 0 aliphatic rings. The third kappa shape index (κ3) is 14.0. The van der Waals surface area contributed by atoms with Gasteiger partial charge in [0, 0.05) is 6.54 Å². The van der Waals surface area contributed by atoms with Crippen LogP contribution in [0.4, 0.5) is 4.39 Å². The molecule has 3 rings (SSSR count). The second kappa shape index (κ2) is 18.8. The van der Waals surface area contributed by atoms with E-state index in [0.717, 1.165) is 24.2 Å². The summed E-state index contributed by atoms with van der Waals surface area (Å²) in [5.74, 6) is -0.581. The van der Waals surface area contributed by atoms with Crippen LogP contribution in [0, 0.1) is 18.9 Å². The molecule has 6 heteroatoms. The molecular weight excluding hydrogens is 466 g/mol. The number of aliphatic carboxylic acids is 1. The molecule has 3 aromatic rings. The van der Waals surface area contributed by atoms with Crippen LogP contribution in [0.25, 0.3) is 0 Å². The summed E-state index contributed by atoms with van der Waals surface area (Å²) in [5.41, 5.74) is 2.30. The van der Waals surface area contributed by atoms with Crippen LogP contribution in [0.2, 0.25) is 0 Å². The molecule has 1 unspecified atom stereocenters. The van der Waals surface area contributed by atoms with Gasteiger partial charge in [0.2, 0.25) is 0 Å². The first-order valence-electron chi connectivity index (χ1n) is 11.7. The molecule has 184 valence electrons. The van der Waals surface area contributed by atoms with E-state index in [1.165, 1.54) is 30.5 Å². The van der Waals surface area contributed by atoms with E-state index in [9.17, 15) is 14.3 Å². The van der Waals surface area contributed by atoms with Crippen molar-refractivity contribution in [3.8, 4) is 0 Å². The summed E-state index contributed by atoms with van der Waals surface area (Å²) in [7, 11) is 0. The van der Waals surface area contributed by atoms with E-state index in [0.29, 0.717) is 5.92 Å². The van der Waals surface area contributed by atoms with Gasteiger partial charge < -0.3 is 15.4 Å². The average Bonchev–Trinajstić information content (AvgIpc) is 2.83. The number of halogens is 1. The van der Waals surface area contributed by atoms with Gasteiger partial charge in [-0.2, -0.15) is 12.1 Å². The van der Waals surface area contributed by atoms with Gasteiger partial charge in [0.25, 0.3) is 0 Å². The topological polar surface area (TPSA) is 62.2 Å². The minimum Gasteiger partial charge on any atom is -0.481 e. The normalized spacial score (nSPS) is 11.0. The van der Waals surface area contributed by atoms with E-state index in [4.69, 9.17) is 0 Å². The number of hydrogen-bond donors (Lipinski definition) is 2. The van der Waals surface area contributed by atoms with Crippen molar-refractivity contribution in [1.82, 2.24) is 10.3 Å². The van der Waals surface area contributed by atoms with E-state index in [2.05, 4.69) is 36.4 Å². The third-order valence-corrected chi connectivity index (χ3v) is 5.35. The van der Waals surface area contributed by atoms with Crippen LogP contribution in [-0.4, -0.2) is 29.1 Å². The summed E-state index contributed by atoms with van der Waals surface area (Å²) in [6.45, 7) is 11.8. The van der Waals surface area contributed by atoms with Crippen LogP contribution >= 0.6 is 0 Å². The minimum atomic E-state index is -0.842. The summed E-state index contributed by atoms with van der Waals surface area (Å²) in [6.07, 6.45) is 6.89. The van der Waals surface area contributed by atoms with Crippen LogP contribution in [0.5, 0.6) is 0 Å². The summed E-state index contributed by atoms with van der Waals surface area (Å²) in [6, 6.07) is 19.8. The number of nitrogens with one attached hydrogen (secondary N) is 1. The van der Waals surface area contributed by atoms with Crippen molar-refractivity contribution >= 4 is 5.97 Å². The fourth-order valence-corrected chi connectivity index (χ4v) is 2.92. The van der Waals surface area contributed by atoms with Gasteiger partial charge in [-0.25, -0.2) is 4.39 Å². The minimum absolute atomic E-state index is 0. The second-order valence-electron chi connectivity index (χ2n) is 8.74. The largest absolute Gasteiger partial charge is 1.00 e. The maximum absolute atomic E-state index is 11.9. The summed E-state index contributed by atoms with van der Waals surface area (Å²) < 4.78 is 11.9. The standard InChI is InChI=1S/C17H27NO2.C6H5F.C6H6N.K/c1-5-6-10-18-12-13(2)14-8-7-9-15(11-14)17(3,4)16(19)20;7-6-4-2-1-3-5-6;1-6-3-2-4-7-5-6;/h7-9,11,13,18H,5-6,10,12H2,1-4H3,(H,19,20);1-5H;2-4H,1H3;/q;;-1;+1. The molecule has 0 saturated heterocycles. The molecule has 0 amide bonds. The fraction of sp³-hybridized carbons (Fsp3) is 0.379. The van der Waals surface area contributed by atoms with Crippen LogP contribution in [0.15, 0.2) is 72.9 Å². The maximum Gasteiger partial charge on any atom is 1.00 e. The van der Waals surface area contributed by atoms with E-state index in [-0.39, 0.29) is 57.2 Å². The average molecular weight is 505 g/mol. The number of aryl methyl sites for hydroxylation is 1. The van der Waals surface area contributed by atoms with Gasteiger partial charge in [0.1, 0.15) is 5.82 Å². The Morgan fingerprint density at radius 1 is 1.11 bits per heavy atom. The number of benzene rings is 2. The van der Waals surface area contributed by atoms with E-state index < -0.39 is 11.4 Å². The SMILES string of the molecule is CCCCNCC(C)c1cccc(C(C)(C)C(=O)O)c1.Cc1[c-]nccc1.Fc1ccccc1.[K+]. The monoisotopic (exact) mass is 504 g/mol. The number of carbonyl (C=O) groups is 1. The quantitative estimate of drug-likeness (QED) is 0.280. The molecule has 0 spiro atoms. The van der Waals surface area contributed by atoms with Crippen LogP contribution in [-0.2, 0) is 10.2 Å². The summed E-state index contributed by atoms with van der Waals surface area (Å²) in [4.78, 5) is 15.1. The summed E-state index contributed by atoms with van der Waals surface area (Å²) >= 11 is 0. The molecule has 1 atom stereocenters. The van der Waals surface area contributed by atoms with Gasteiger partial charge in [-0.15, -0.1) is 5.56 Å². The van der Waals surface area contributed by atoms with E-state index in [1.54, 1.807) is 38.2 Å². The first-order valence-corrected chi connectivity index (χ1v) is 11.7. The van der Waals surface area contributed by atoms with Crippen LogP contribution in [0.1, 0.15) is 63.1 Å². The van der Waals surface area contributed by atoms with Crippen molar-refractivity contribution in [3.05, 3.63) is 102 Å². The third-order valence-electron chi connectivity index (χ3n) is 5.35. The van der Waals surface area contributed by atoms with Crippen molar-refractivity contribution in [3.63, 3.8) is 0 Å². The molecule has 2 N–H and O–H groups in total. The van der Waals surface area contributed by atoms with Gasteiger partial charge in [0.05, 0.1) is 5.41 Å². The van der Waals surface area contributed by atoms with Gasteiger partial charge in [-0.3, -0.25) is 4.79 Å². The van der Waals surface area contributed by atoms with Crippen LogP contribution < -0.4 is 56.7 Å².